The van der Waals surface area contributed by atoms with E-state index in [1.54, 1.807) is 6.92 Å². The molecule has 5 nitrogen and oxygen atoms in total. The number of hydrogen-bond donors (Lipinski definition) is 2. The maximum atomic E-state index is 11.9. The minimum atomic E-state index is -3.61. The smallest absolute Gasteiger partial charge is 0.321 e. The van der Waals surface area contributed by atoms with Gasteiger partial charge in [0.1, 0.15) is 0 Å². The Balaban J connectivity index is 2.71. The first kappa shape index (κ1) is 15.7. The fraction of sp³-hybridized carbons (Fsp3) is 0.462. The Kier molecular flexibility index (Phi) is 5.50. The van der Waals surface area contributed by atoms with Gasteiger partial charge in [-0.1, -0.05) is 31.2 Å². The van der Waals surface area contributed by atoms with Crippen molar-refractivity contribution in [2.75, 3.05) is 5.75 Å². The molecule has 0 aromatic heterocycles. The van der Waals surface area contributed by atoms with Gasteiger partial charge >= 0.3 is 5.97 Å². The number of rotatable bonds is 7. The molecule has 3 N–H and O–H groups in total. The molecule has 0 heterocycles. The summed E-state index contributed by atoms with van der Waals surface area (Å²) >= 11 is 0. The number of aryl methyl sites for hydroxylation is 1. The van der Waals surface area contributed by atoms with Crippen LogP contribution in [0.3, 0.4) is 0 Å². The summed E-state index contributed by atoms with van der Waals surface area (Å²) in [5.41, 5.74) is 7.31. The summed E-state index contributed by atoms with van der Waals surface area (Å²) in [6.45, 7) is 2.00. The van der Waals surface area contributed by atoms with Crippen molar-refractivity contribution in [1.82, 2.24) is 0 Å². The molecule has 0 aliphatic carbocycles. The topological polar surface area (TPSA) is 97.5 Å². The van der Waals surface area contributed by atoms with Gasteiger partial charge in [0.25, 0.3) is 0 Å². The second-order valence-corrected chi connectivity index (χ2v) is 6.68. The highest BCUT2D eigenvalue weighted by atomic mass is 32.2. The molecule has 106 valence electrons. The van der Waals surface area contributed by atoms with E-state index in [0.29, 0.717) is 13.0 Å². The monoisotopic (exact) mass is 285 g/mol. The Hall–Kier alpha value is -1.40. The molecule has 0 fully saturated rings. The van der Waals surface area contributed by atoms with Gasteiger partial charge in [-0.2, -0.15) is 0 Å². The third-order valence-electron chi connectivity index (χ3n) is 3.01. The van der Waals surface area contributed by atoms with Gasteiger partial charge < -0.3 is 10.8 Å². The van der Waals surface area contributed by atoms with Crippen LogP contribution in [0.1, 0.15) is 24.5 Å². The molecule has 0 aliphatic heterocycles. The molecule has 19 heavy (non-hydrogen) atoms. The summed E-state index contributed by atoms with van der Waals surface area (Å²) in [5, 5.41) is 7.57. The molecular weight excluding hydrogens is 266 g/mol. The summed E-state index contributed by atoms with van der Waals surface area (Å²) in [6, 6.07) is 7.33. The predicted molar refractivity (Wildman–Crippen MR) is 73.5 cm³/mol. The highest BCUT2D eigenvalue weighted by Gasteiger charge is 2.30. The van der Waals surface area contributed by atoms with Crippen molar-refractivity contribution < 1.29 is 18.3 Å². The molecule has 1 aromatic carbocycles. The van der Waals surface area contributed by atoms with E-state index in [1.807, 2.05) is 24.3 Å². The number of carbonyl (C=O) groups is 1. The Labute approximate surface area is 113 Å². The van der Waals surface area contributed by atoms with Crippen LogP contribution in [0.5, 0.6) is 0 Å². The lowest BCUT2D eigenvalue weighted by Crippen LogP contribution is -2.32. The van der Waals surface area contributed by atoms with Crippen LogP contribution in [0.15, 0.2) is 24.3 Å². The van der Waals surface area contributed by atoms with Gasteiger partial charge in [0.15, 0.2) is 15.1 Å². The first-order chi connectivity index (χ1) is 8.90. The molecule has 1 atom stereocenters. The standard InChI is InChI=1S/C13H19NO4S/c1-2-12(13(15)16)19(17,18)8-7-10-3-5-11(9-14)6-4-10/h3-6,12H,2,7-9,14H2,1H3,(H,15,16). The minimum absolute atomic E-state index is 0.0871. The van der Waals surface area contributed by atoms with Gasteiger partial charge in [-0.25, -0.2) is 8.42 Å². The molecule has 6 heteroatoms. The molecule has 1 aromatic rings. The molecule has 0 saturated carbocycles. The molecule has 0 amide bonds. The van der Waals surface area contributed by atoms with Crippen LogP contribution in [-0.2, 0) is 27.6 Å². The van der Waals surface area contributed by atoms with Crippen molar-refractivity contribution >= 4 is 15.8 Å². The van der Waals surface area contributed by atoms with Crippen LogP contribution in [0.25, 0.3) is 0 Å². The number of carboxylic acid groups (broad SMARTS) is 1. The SMILES string of the molecule is CCC(C(=O)O)S(=O)(=O)CCc1ccc(CN)cc1. The first-order valence-corrected chi connectivity index (χ1v) is 7.84. The van der Waals surface area contributed by atoms with Crippen LogP contribution in [0, 0.1) is 0 Å². The molecule has 0 radical (unpaired) electrons. The molecule has 0 bridgehead atoms. The summed E-state index contributed by atoms with van der Waals surface area (Å²) < 4.78 is 23.8. The van der Waals surface area contributed by atoms with Crippen molar-refractivity contribution in [3.63, 3.8) is 0 Å². The fourth-order valence-corrected chi connectivity index (χ4v) is 3.45. The van der Waals surface area contributed by atoms with Gasteiger partial charge in [0, 0.05) is 6.54 Å². The van der Waals surface area contributed by atoms with Crippen LogP contribution in [0.4, 0.5) is 0 Å². The Morgan fingerprint density at radius 1 is 1.26 bits per heavy atom. The number of carboxylic acids is 1. The van der Waals surface area contributed by atoms with E-state index in [2.05, 4.69) is 0 Å². The maximum absolute atomic E-state index is 11.9. The zero-order valence-corrected chi connectivity index (χ0v) is 11.7. The molecule has 0 aliphatic rings. The van der Waals surface area contributed by atoms with E-state index in [1.165, 1.54) is 0 Å². The third-order valence-corrected chi connectivity index (χ3v) is 5.19. The Bertz CT molecular complexity index is 522. The normalized spacial score (nSPS) is 13.2. The van der Waals surface area contributed by atoms with Crippen molar-refractivity contribution in [3.8, 4) is 0 Å². The van der Waals surface area contributed by atoms with Gasteiger partial charge in [0.2, 0.25) is 0 Å². The van der Waals surface area contributed by atoms with Gasteiger partial charge in [-0.3, -0.25) is 4.79 Å². The average Bonchev–Trinajstić information content (AvgIpc) is 2.37. The van der Waals surface area contributed by atoms with E-state index in [4.69, 9.17) is 10.8 Å². The van der Waals surface area contributed by atoms with Crippen molar-refractivity contribution in [2.45, 2.75) is 31.6 Å². The van der Waals surface area contributed by atoms with Crippen molar-refractivity contribution in [3.05, 3.63) is 35.4 Å². The highest BCUT2D eigenvalue weighted by molar-refractivity contribution is 7.92. The zero-order chi connectivity index (χ0) is 14.5. The van der Waals surface area contributed by atoms with E-state index in [-0.39, 0.29) is 12.2 Å². The number of nitrogens with two attached hydrogens (primary N) is 1. The second-order valence-electron chi connectivity index (χ2n) is 4.37. The molecule has 1 unspecified atom stereocenters. The van der Waals surface area contributed by atoms with E-state index in [9.17, 15) is 13.2 Å². The number of sulfone groups is 1. The fourth-order valence-electron chi connectivity index (χ4n) is 1.83. The van der Waals surface area contributed by atoms with E-state index >= 15 is 0 Å². The van der Waals surface area contributed by atoms with Crippen LogP contribution < -0.4 is 5.73 Å². The average molecular weight is 285 g/mol. The first-order valence-electron chi connectivity index (χ1n) is 6.13. The van der Waals surface area contributed by atoms with Crippen molar-refractivity contribution in [2.24, 2.45) is 5.73 Å². The van der Waals surface area contributed by atoms with Crippen LogP contribution >= 0.6 is 0 Å². The van der Waals surface area contributed by atoms with Crippen molar-refractivity contribution in [1.29, 1.82) is 0 Å². The highest BCUT2D eigenvalue weighted by Crippen LogP contribution is 2.11. The lowest BCUT2D eigenvalue weighted by Gasteiger charge is -2.11. The largest absolute Gasteiger partial charge is 0.480 e. The number of aliphatic carboxylic acids is 1. The minimum Gasteiger partial charge on any atom is -0.480 e. The number of benzene rings is 1. The molecule has 0 saturated heterocycles. The van der Waals surface area contributed by atoms with Gasteiger partial charge in [-0.05, 0) is 24.0 Å². The summed E-state index contributed by atoms with van der Waals surface area (Å²) in [7, 11) is -3.61. The van der Waals surface area contributed by atoms with Crippen LogP contribution in [-0.4, -0.2) is 30.5 Å². The number of hydrogen-bond acceptors (Lipinski definition) is 4. The molecular formula is C13H19NO4S. The lowest BCUT2D eigenvalue weighted by molar-refractivity contribution is -0.136. The molecule has 1 rings (SSSR count). The summed E-state index contributed by atoms with van der Waals surface area (Å²) in [4.78, 5) is 10.9. The van der Waals surface area contributed by atoms with E-state index in [0.717, 1.165) is 11.1 Å². The summed E-state index contributed by atoms with van der Waals surface area (Å²) in [5.74, 6) is -1.43. The van der Waals surface area contributed by atoms with Crippen LogP contribution in [0.2, 0.25) is 0 Å². The van der Waals surface area contributed by atoms with Gasteiger partial charge in [-0.15, -0.1) is 0 Å². The maximum Gasteiger partial charge on any atom is 0.321 e. The third kappa shape index (κ3) is 4.33. The molecule has 0 spiro atoms. The van der Waals surface area contributed by atoms with Gasteiger partial charge in [0.05, 0.1) is 5.75 Å². The predicted octanol–water partition coefficient (Wildman–Crippen LogP) is 0.966. The van der Waals surface area contributed by atoms with E-state index < -0.39 is 21.1 Å². The quantitative estimate of drug-likeness (QED) is 0.778. The second kappa shape index (κ2) is 6.68. The summed E-state index contributed by atoms with van der Waals surface area (Å²) in [6.07, 6.45) is 0.404. The zero-order valence-electron chi connectivity index (χ0n) is 10.9. The Morgan fingerprint density at radius 2 is 1.79 bits per heavy atom. The lowest BCUT2D eigenvalue weighted by atomic mass is 10.1. The Morgan fingerprint density at radius 3 is 2.21 bits per heavy atom.